The average Bonchev–Trinajstić information content (AvgIpc) is 1.50. The van der Waals surface area contributed by atoms with E-state index in [1.807, 2.05) is 168 Å². The normalized spacial score (nSPS) is 20.7. The number of hydrogen-bond donors (Lipinski definition) is 3. The lowest BCUT2D eigenvalue weighted by molar-refractivity contribution is -0.126. The third-order valence-corrected chi connectivity index (χ3v) is 28.2. The minimum absolute atomic E-state index is 0.00274. The van der Waals surface area contributed by atoms with E-state index in [1.165, 1.54) is 24.3 Å². The van der Waals surface area contributed by atoms with Gasteiger partial charge in [-0.25, -0.2) is 31.1 Å². The molecule has 14 rings (SSSR count). The summed E-state index contributed by atoms with van der Waals surface area (Å²) in [6.45, 7) is 20.8. The minimum Gasteiger partial charge on any atom is -0.497 e. The summed E-state index contributed by atoms with van der Waals surface area (Å²) in [5.74, 6) is 0.626. The third-order valence-electron chi connectivity index (χ3n) is 22.3. The molecule has 3 aliphatic rings. The summed E-state index contributed by atoms with van der Waals surface area (Å²) in [6, 6.07) is 57.9. The van der Waals surface area contributed by atoms with Gasteiger partial charge in [0.05, 0.1) is 66.5 Å². The standard InChI is InChI=1S/C85H92N11O16PSi/c1-53(2)77(97)93-81-92-76-68(79(99)94-81)90-52-96(76)80-72(110-85(56-27-21-16-22-28-56,59-33-41-63(103-9)42-34-59)60-35-43-64(104-10)44-36-60)70(105-11)66(109-80)48-108-113(100,107-46-45-86-6)111-71-69(95-51-89-67-74(87-50-88-75(67)95)91-78(98)54-23-17-14-18-24-54)65-47-83(65,73(71)112-114(12,13)82(3,4)5)49-106-84(55-25-19-15-20-26-55,57-29-37-61(101-7)38-30-57)58-31-39-62(102-8)40-32-58/h14-44,50-53,65-66,69-73,80H,45-49H2,1-5,7-13H3,(H,87,88,91,98)(H2,92,93,94,97,99)/t65-,66-,69-,70-,71+,72-,73+,80-,83?,113?/m1/s1. The van der Waals surface area contributed by atoms with Gasteiger partial charge in [0.15, 0.2) is 42.7 Å². The number of hydrogen-bond acceptors (Lipinski definition) is 21. The van der Waals surface area contributed by atoms with Crippen LogP contribution in [0.5, 0.6) is 23.0 Å². The first-order valence-electron chi connectivity index (χ1n) is 37.5. The summed E-state index contributed by atoms with van der Waals surface area (Å²) in [6.07, 6.45) is -2.55. The zero-order chi connectivity index (χ0) is 80.3. The number of carbonyl (C=O) groups is 2. The van der Waals surface area contributed by atoms with E-state index in [9.17, 15) is 14.4 Å². The van der Waals surface area contributed by atoms with Gasteiger partial charge < -0.3 is 57.0 Å². The highest BCUT2D eigenvalue weighted by Gasteiger charge is 2.75. The Hall–Kier alpha value is -10.8. The highest BCUT2D eigenvalue weighted by Crippen LogP contribution is 2.73. The van der Waals surface area contributed by atoms with Gasteiger partial charge in [-0.2, -0.15) is 4.98 Å². The van der Waals surface area contributed by atoms with Gasteiger partial charge in [0, 0.05) is 24.0 Å². The molecule has 5 heterocycles. The Morgan fingerprint density at radius 1 is 0.649 bits per heavy atom. The third kappa shape index (κ3) is 15.4. The van der Waals surface area contributed by atoms with Crippen LogP contribution in [0.2, 0.25) is 18.1 Å². The molecule has 0 bridgehead atoms. The van der Waals surface area contributed by atoms with Crippen molar-refractivity contribution in [3.05, 3.63) is 268 Å². The van der Waals surface area contributed by atoms with Crippen molar-refractivity contribution in [1.82, 2.24) is 39.0 Å². The highest BCUT2D eigenvalue weighted by molar-refractivity contribution is 7.48. The number of fused-ring (bicyclic) bond motifs is 3. The van der Waals surface area contributed by atoms with E-state index in [2.05, 4.69) is 64.3 Å². The summed E-state index contributed by atoms with van der Waals surface area (Å²) in [4.78, 5) is 71.6. The maximum atomic E-state index is 17.1. The molecule has 4 aromatic heterocycles. The number of nitrogens with one attached hydrogen (secondary N) is 3. The molecule has 2 saturated carbocycles. The fraction of sp³-hybridized carbons (Fsp3) is 0.353. The van der Waals surface area contributed by atoms with Crippen LogP contribution >= 0.6 is 7.82 Å². The number of phosphoric acid groups is 1. The molecule has 2 aliphatic carbocycles. The lowest BCUT2D eigenvalue weighted by Crippen LogP contribution is -2.51. The molecule has 10 atom stereocenters. The summed E-state index contributed by atoms with van der Waals surface area (Å²) in [5, 5.41) is 5.25. The van der Waals surface area contributed by atoms with Crippen LogP contribution in [0.3, 0.4) is 0 Å². The van der Waals surface area contributed by atoms with E-state index in [1.54, 1.807) is 72.9 Å². The monoisotopic (exact) mass is 1580 g/mol. The Kier molecular flexibility index (Phi) is 23.1. The molecule has 29 heteroatoms. The number of imidazole rings is 2. The summed E-state index contributed by atoms with van der Waals surface area (Å²) < 4.78 is 102. The second kappa shape index (κ2) is 33.0. The van der Waals surface area contributed by atoms with E-state index in [0.29, 0.717) is 57.3 Å². The molecule has 0 spiro atoms. The van der Waals surface area contributed by atoms with Gasteiger partial charge in [-0.3, -0.25) is 42.8 Å². The van der Waals surface area contributed by atoms with Crippen molar-refractivity contribution in [2.24, 2.45) is 17.3 Å². The van der Waals surface area contributed by atoms with Crippen LogP contribution in [0.25, 0.3) is 27.2 Å². The number of H-pyrrole nitrogens is 1. The molecule has 3 fully saturated rings. The number of amides is 2. The number of nitrogens with zero attached hydrogens (tertiary/aromatic N) is 8. The summed E-state index contributed by atoms with van der Waals surface area (Å²) in [5.41, 5.74) is 0.609. The van der Waals surface area contributed by atoms with E-state index in [0.717, 1.165) is 16.7 Å². The largest absolute Gasteiger partial charge is 0.497 e. The smallest absolute Gasteiger partial charge is 0.475 e. The number of aromatic amines is 1. The first-order valence-corrected chi connectivity index (χ1v) is 41.9. The molecule has 0 radical (unpaired) electrons. The maximum absolute atomic E-state index is 17.1. The van der Waals surface area contributed by atoms with Crippen LogP contribution < -0.4 is 35.1 Å². The van der Waals surface area contributed by atoms with E-state index in [-0.39, 0.29) is 41.6 Å². The fourth-order valence-electron chi connectivity index (χ4n) is 15.3. The van der Waals surface area contributed by atoms with Crippen molar-refractivity contribution in [3.63, 3.8) is 0 Å². The Bertz CT molecular complexity index is 5270. The molecule has 1 saturated heterocycles. The second-order valence-corrected chi connectivity index (χ2v) is 36.6. The number of carbonyl (C=O) groups excluding carboxylic acids is 2. The highest BCUT2D eigenvalue weighted by atomic mass is 31.2. The first-order chi connectivity index (χ1) is 54.9. The SMILES string of the molecule is [C-]#[N+]CCOP(=O)(OC[C@H]1O[C@@H](n2cnc3c(=O)[nH]c(NC(=O)C(C)C)nc32)[C@H](OC(c2ccccc2)(c2ccc(OC)cc2)c2ccc(OC)cc2)[C@@H]1OC)O[C@H]1[C@H](n2cnc3c(NC(=O)c4ccccc4)ncnc32)[C@H]2CC2(COC(c2ccccc2)(c2ccc(OC)cc2)c2ccc(OC)cc2)[C@H]1O[Si](C)(C)C(C)(C)C. The summed E-state index contributed by atoms with van der Waals surface area (Å²) >= 11 is 0. The molecule has 3 N–H and O–H groups in total. The molecule has 592 valence electrons. The topological polar surface area (TPSA) is 298 Å². The lowest BCUT2D eigenvalue weighted by Gasteiger charge is -2.44. The lowest BCUT2D eigenvalue weighted by atomic mass is 9.79. The molecule has 11 aromatic rings. The Labute approximate surface area is 661 Å². The van der Waals surface area contributed by atoms with E-state index >= 15 is 4.57 Å². The molecule has 27 nitrogen and oxygen atoms in total. The van der Waals surface area contributed by atoms with Gasteiger partial charge in [-0.1, -0.05) is 162 Å². The number of benzene rings is 7. The molecule has 1 aliphatic heterocycles. The van der Waals surface area contributed by atoms with E-state index < -0.39 is 123 Å². The van der Waals surface area contributed by atoms with Crippen molar-refractivity contribution in [2.45, 2.75) is 113 Å². The second-order valence-electron chi connectivity index (χ2n) is 30.3. The molecular weight excluding hydrogens is 1490 g/mol. The molecule has 7 aromatic carbocycles. The van der Waals surface area contributed by atoms with Crippen molar-refractivity contribution in [1.29, 1.82) is 0 Å². The van der Waals surface area contributed by atoms with Gasteiger partial charge in [-0.15, -0.1) is 0 Å². The number of rotatable bonds is 32. The zero-order valence-electron chi connectivity index (χ0n) is 65.4. The van der Waals surface area contributed by atoms with Crippen LogP contribution in [-0.2, 0) is 57.5 Å². The fourth-order valence-corrected chi connectivity index (χ4v) is 18.0. The van der Waals surface area contributed by atoms with Crippen LogP contribution in [0, 0.1) is 23.8 Å². The molecule has 2 unspecified atom stereocenters. The van der Waals surface area contributed by atoms with Crippen molar-refractivity contribution >= 4 is 62.0 Å². The maximum Gasteiger partial charge on any atom is 0.475 e. The van der Waals surface area contributed by atoms with Crippen LogP contribution in [0.15, 0.2) is 212 Å². The number of aromatic nitrogens is 8. The first kappa shape index (κ1) is 79.8. The minimum atomic E-state index is -5.13. The summed E-state index contributed by atoms with van der Waals surface area (Å²) in [7, 11) is -0.276. The zero-order valence-corrected chi connectivity index (χ0v) is 67.3. The van der Waals surface area contributed by atoms with Gasteiger partial charge >= 0.3 is 7.82 Å². The number of anilines is 2. The molecule has 2 amide bonds. The van der Waals surface area contributed by atoms with Crippen molar-refractivity contribution in [2.75, 3.05) is 72.5 Å². The van der Waals surface area contributed by atoms with Crippen LogP contribution in [-0.4, -0.2) is 152 Å². The van der Waals surface area contributed by atoms with E-state index in [4.69, 9.17) is 77.4 Å². The number of ether oxygens (including phenoxy) is 8. The Morgan fingerprint density at radius 2 is 1.17 bits per heavy atom. The van der Waals surface area contributed by atoms with Crippen molar-refractivity contribution in [3.8, 4) is 23.0 Å². The van der Waals surface area contributed by atoms with Gasteiger partial charge in [-0.05, 0) is 125 Å². The quantitative estimate of drug-likeness (QED) is 0.0116. The van der Waals surface area contributed by atoms with Gasteiger partial charge in [0.2, 0.25) is 18.4 Å². The predicted molar refractivity (Wildman–Crippen MR) is 429 cm³/mol. The Balaban J connectivity index is 0.919. The predicted octanol–water partition coefficient (Wildman–Crippen LogP) is 14.5. The van der Waals surface area contributed by atoms with Crippen molar-refractivity contribution < 1.29 is 70.0 Å². The van der Waals surface area contributed by atoms with Gasteiger partial charge in [0.25, 0.3) is 11.5 Å². The number of methoxy groups -OCH3 is 5. The Morgan fingerprint density at radius 3 is 1.69 bits per heavy atom. The molecule has 114 heavy (non-hydrogen) atoms. The molecular formula is C85H92N11O16PSi. The van der Waals surface area contributed by atoms with Crippen LogP contribution in [0.4, 0.5) is 11.8 Å². The number of phosphoric ester groups is 1. The van der Waals surface area contributed by atoms with Crippen LogP contribution in [0.1, 0.15) is 97.0 Å². The average molecular weight is 1580 g/mol. The van der Waals surface area contributed by atoms with Gasteiger partial charge in [0.1, 0.15) is 71.6 Å².